The molecule has 12 heteroatoms. The highest BCUT2D eigenvalue weighted by atomic mass is 79.9. The largest absolute Gasteiger partial charge is 0.410 e. The highest BCUT2D eigenvalue weighted by Crippen LogP contribution is 2.46. The van der Waals surface area contributed by atoms with E-state index in [4.69, 9.17) is 11.6 Å². The third-order valence-electron chi connectivity index (χ3n) is 6.17. The summed E-state index contributed by atoms with van der Waals surface area (Å²) in [6.07, 6.45) is -4.86. The number of alkyl halides is 3. The second-order valence-corrected chi connectivity index (χ2v) is 9.73. The molecule has 1 N–H and O–H groups in total. The maximum absolute atomic E-state index is 14.0. The number of fused-ring (bicyclic) bond motifs is 1. The molecular formula is C22H23BrClF3N6O. The fraction of sp³-hybridized carbons (Fsp3) is 0.409. The summed E-state index contributed by atoms with van der Waals surface area (Å²) < 4.78 is 45.3. The first kappa shape index (κ1) is 24.6. The average Bonchev–Trinajstić information content (AvgIpc) is 3.23. The lowest BCUT2D eigenvalue weighted by molar-refractivity contribution is -0.173. The van der Waals surface area contributed by atoms with Gasteiger partial charge in [0.15, 0.2) is 11.7 Å². The van der Waals surface area contributed by atoms with Crippen molar-refractivity contribution in [1.29, 1.82) is 0 Å². The lowest BCUT2D eigenvalue weighted by Gasteiger charge is -2.33. The molecular weight excluding hydrogens is 537 g/mol. The summed E-state index contributed by atoms with van der Waals surface area (Å²) in [4.78, 5) is 14.6. The van der Waals surface area contributed by atoms with Crippen LogP contribution in [-0.4, -0.2) is 43.6 Å². The number of aromatic nitrogens is 4. The minimum Gasteiger partial charge on any atom is -0.362 e. The predicted octanol–water partition coefficient (Wildman–Crippen LogP) is 5.58. The Morgan fingerprint density at radius 3 is 2.47 bits per heavy atom. The van der Waals surface area contributed by atoms with Gasteiger partial charge in [-0.3, -0.25) is 9.48 Å². The van der Waals surface area contributed by atoms with Gasteiger partial charge < -0.3 is 10.2 Å². The van der Waals surface area contributed by atoms with E-state index in [1.54, 1.807) is 43.0 Å². The average molecular weight is 560 g/mol. The Hall–Kier alpha value is -2.53. The number of nitrogens with zero attached hydrogens (tertiary/aromatic N) is 5. The van der Waals surface area contributed by atoms with Crippen molar-refractivity contribution in [2.45, 2.75) is 45.1 Å². The van der Waals surface area contributed by atoms with Crippen LogP contribution in [0.1, 0.15) is 51.5 Å². The van der Waals surface area contributed by atoms with E-state index >= 15 is 0 Å². The van der Waals surface area contributed by atoms with E-state index in [9.17, 15) is 18.0 Å². The lowest BCUT2D eigenvalue weighted by atomic mass is 9.97. The first-order valence-electron chi connectivity index (χ1n) is 10.5. The minimum atomic E-state index is -4.57. The number of aryl methyl sites for hydroxylation is 2. The number of anilines is 1. The summed E-state index contributed by atoms with van der Waals surface area (Å²) in [7, 11) is 3.36. The van der Waals surface area contributed by atoms with Gasteiger partial charge in [0, 0.05) is 42.8 Å². The molecule has 2 atom stereocenters. The molecule has 7 nitrogen and oxygen atoms in total. The van der Waals surface area contributed by atoms with E-state index in [2.05, 4.69) is 31.4 Å². The van der Waals surface area contributed by atoms with Crippen LogP contribution in [-0.2, 0) is 13.6 Å². The molecule has 0 spiro atoms. The molecule has 3 aromatic rings. The summed E-state index contributed by atoms with van der Waals surface area (Å²) in [5, 5.41) is 11.3. The van der Waals surface area contributed by atoms with E-state index < -0.39 is 24.2 Å². The predicted molar refractivity (Wildman–Crippen MR) is 126 cm³/mol. The van der Waals surface area contributed by atoms with Crippen LogP contribution in [0.5, 0.6) is 0 Å². The summed E-state index contributed by atoms with van der Waals surface area (Å²) >= 11 is 9.79. The van der Waals surface area contributed by atoms with Crippen LogP contribution >= 0.6 is 27.5 Å². The van der Waals surface area contributed by atoms with Gasteiger partial charge in [0.1, 0.15) is 10.8 Å². The second kappa shape index (κ2) is 8.92. The van der Waals surface area contributed by atoms with Crippen molar-refractivity contribution in [1.82, 2.24) is 24.5 Å². The molecule has 1 aromatic carbocycles. The van der Waals surface area contributed by atoms with Crippen LogP contribution < -0.4 is 5.32 Å². The number of halogens is 5. The van der Waals surface area contributed by atoms with Crippen LogP contribution in [0.2, 0.25) is 5.02 Å². The molecule has 3 heterocycles. The summed E-state index contributed by atoms with van der Waals surface area (Å²) in [5.41, 5.74) is 2.97. The zero-order valence-corrected chi connectivity index (χ0v) is 21.3. The molecule has 0 unspecified atom stereocenters. The number of carbonyl (C=O) groups is 1. The Kier molecular flexibility index (Phi) is 6.45. The first-order chi connectivity index (χ1) is 15.9. The normalized spacial score (nSPS) is 17.9. The van der Waals surface area contributed by atoms with E-state index in [1.165, 1.54) is 4.90 Å². The van der Waals surface area contributed by atoms with Gasteiger partial charge in [0.05, 0.1) is 11.7 Å². The van der Waals surface area contributed by atoms with Crippen molar-refractivity contribution in [3.05, 3.63) is 62.0 Å². The zero-order valence-electron chi connectivity index (χ0n) is 18.9. The molecule has 1 aliphatic rings. The quantitative estimate of drug-likeness (QED) is 0.453. The molecule has 0 fully saturated rings. The Bertz CT molecular complexity index is 1240. The Morgan fingerprint density at radius 2 is 1.91 bits per heavy atom. The van der Waals surface area contributed by atoms with Crippen LogP contribution in [0.4, 0.5) is 19.0 Å². The SMILES string of the molecule is Cc1nn(C)c(C)c1CN(C)C(=O)c1nn2c(c1Cl)N[C@H](c1ccc(Br)cc1)C[C@@H]2C(F)(F)F. The number of amides is 1. The molecule has 182 valence electrons. The number of rotatable bonds is 4. The molecule has 1 amide bonds. The number of nitrogens with one attached hydrogen (secondary N) is 1. The topological polar surface area (TPSA) is 68.0 Å². The Labute approximate surface area is 208 Å². The summed E-state index contributed by atoms with van der Waals surface area (Å²) in [6.45, 7) is 3.94. The fourth-order valence-corrected chi connectivity index (χ4v) is 4.70. The van der Waals surface area contributed by atoms with Gasteiger partial charge in [0.2, 0.25) is 0 Å². The number of hydrogen-bond donors (Lipinski definition) is 1. The van der Waals surface area contributed by atoms with E-state index in [-0.39, 0.29) is 29.5 Å². The molecule has 4 rings (SSSR count). The van der Waals surface area contributed by atoms with Crippen molar-refractivity contribution in [2.24, 2.45) is 7.05 Å². The molecule has 1 aliphatic heterocycles. The minimum absolute atomic E-state index is 0.0198. The van der Waals surface area contributed by atoms with Gasteiger partial charge in [0.25, 0.3) is 5.91 Å². The van der Waals surface area contributed by atoms with Crippen molar-refractivity contribution < 1.29 is 18.0 Å². The van der Waals surface area contributed by atoms with Crippen LogP contribution in [0.25, 0.3) is 0 Å². The molecule has 0 aliphatic carbocycles. The van der Waals surface area contributed by atoms with Gasteiger partial charge in [-0.05, 0) is 31.5 Å². The third-order valence-corrected chi connectivity index (χ3v) is 7.06. The smallest absolute Gasteiger partial charge is 0.362 e. The lowest BCUT2D eigenvalue weighted by Crippen LogP contribution is -2.36. The van der Waals surface area contributed by atoms with Gasteiger partial charge in [-0.25, -0.2) is 4.68 Å². The maximum atomic E-state index is 14.0. The summed E-state index contributed by atoms with van der Waals surface area (Å²) in [5.74, 6) is -0.592. The highest BCUT2D eigenvalue weighted by Gasteiger charge is 2.48. The Morgan fingerprint density at radius 1 is 1.26 bits per heavy atom. The van der Waals surface area contributed by atoms with Crippen molar-refractivity contribution in [2.75, 3.05) is 12.4 Å². The fourth-order valence-electron chi connectivity index (χ4n) is 4.18. The number of hydrogen-bond acceptors (Lipinski definition) is 4. The first-order valence-corrected chi connectivity index (χ1v) is 11.7. The van der Waals surface area contributed by atoms with Gasteiger partial charge in [-0.15, -0.1) is 0 Å². The molecule has 2 aromatic heterocycles. The molecule has 0 radical (unpaired) electrons. The molecule has 0 saturated carbocycles. The highest BCUT2D eigenvalue weighted by molar-refractivity contribution is 9.10. The standard InChI is InChI=1S/C22H23BrClF3N6O/c1-11-15(12(2)32(4)29-11)10-31(3)21(34)19-18(24)20-28-16(13-5-7-14(23)8-6-13)9-17(22(25,26)27)33(20)30-19/h5-8,16-17,28H,9-10H2,1-4H3/t16-,17+/m0/s1. The maximum Gasteiger partial charge on any atom is 0.410 e. The molecule has 34 heavy (non-hydrogen) atoms. The van der Waals surface area contributed by atoms with Gasteiger partial charge in [-0.2, -0.15) is 23.4 Å². The molecule has 0 saturated heterocycles. The number of benzene rings is 1. The van der Waals surface area contributed by atoms with E-state index in [0.717, 1.165) is 26.1 Å². The van der Waals surface area contributed by atoms with E-state index in [1.807, 2.05) is 13.8 Å². The second-order valence-electron chi connectivity index (χ2n) is 8.43. The Balaban J connectivity index is 1.68. The van der Waals surface area contributed by atoms with E-state index in [0.29, 0.717) is 5.56 Å². The van der Waals surface area contributed by atoms with Crippen LogP contribution in [0.3, 0.4) is 0 Å². The third kappa shape index (κ3) is 4.43. The van der Waals surface area contributed by atoms with Crippen molar-refractivity contribution in [3.63, 3.8) is 0 Å². The monoisotopic (exact) mass is 558 g/mol. The van der Waals surface area contributed by atoms with Crippen LogP contribution in [0, 0.1) is 13.8 Å². The summed E-state index contributed by atoms with van der Waals surface area (Å²) in [6, 6.07) is 4.44. The molecule has 0 bridgehead atoms. The van der Waals surface area contributed by atoms with Crippen LogP contribution in [0.15, 0.2) is 28.7 Å². The van der Waals surface area contributed by atoms with Gasteiger partial charge >= 0.3 is 6.18 Å². The van der Waals surface area contributed by atoms with Gasteiger partial charge in [-0.1, -0.05) is 39.7 Å². The zero-order chi connectivity index (χ0) is 24.9. The van der Waals surface area contributed by atoms with Crippen molar-refractivity contribution in [3.8, 4) is 0 Å². The number of carbonyl (C=O) groups excluding carboxylic acids is 1. The van der Waals surface area contributed by atoms with Crippen molar-refractivity contribution >= 4 is 39.3 Å².